The maximum atomic E-state index is 12.0. The van der Waals surface area contributed by atoms with Crippen LogP contribution in [-0.4, -0.2) is 21.4 Å². The number of para-hydroxylation sites is 2. The molecule has 0 aliphatic carbocycles. The minimum Gasteiger partial charge on any atom is -0.457 e. The summed E-state index contributed by atoms with van der Waals surface area (Å²) < 4.78 is 5.80. The summed E-state index contributed by atoms with van der Waals surface area (Å²) in [6.45, 7) is 0.627. The van der Waals surface area contributed by atoms with Crippen LogP contribution in [0.25, 0.3) is 0 Å². The normalized spacial score (nSPS) is 12.3. The van der Waals surface area contributed by atoms with E-state index in [1.807, 2.05) is 59.5 Å². The van der Waals surface area contributed by atoms with Gasteiger partial charge in [0.05, 0.1) is 4.92 Å². The van der Waals surface area contributed by atoms with E-state index in [1.54, 1.807) is 24.3 Å². The summed E-state index contributed by atoms with van der Waals surface area (Å²) in [5.41, 5.74) is 2.57. The quantitative estimate of drug-likeness (QED) is 0.317. The number of nitro groups is 1. The SMILES string of the molecule is O=[N+]([O-])c1c(Nc2ccc(Oc3ccccc3)cc2)ncnc1N1CCc2ccccc21. The Bertz CT molecular complexity index is 1260. The van der Waals surface area contributed by atoms with E-state index in [2.05, 4.69) is 15.3 Å². The summed E-state index contributed by atoms with van der Waals surface area (Å²) in [5, 5.41) is 15.1. The van der Waals surface area contributed by atoms with Crippen molar-refractivity contribution in [2.75, 3.05) is 16.8 Å². The number of aromatic nitrogens is 2. The Morgan fingerprint density at radius 1 is 0.906 bits per heavy atom. The predicted octanol–water partition coefficient (Wildman–Crippen LogP) is 5.61. The molecule has 8 nitrogen and oxygen atoms in total. The molecule has 0 bridgehead atoms. The lowest BCUT2D eigenvalue weighted by Crippen LogP contribution is -2.17. The summed E-state index contributed by atoms with van der Waals surface area (Å²) >= 11 is 0. The highest BCUT2D eigenvalue weighted by Crippen LogP contribution is 2.40. The largest absolute Gasteiger partial charge is 0.457 e. The van der Waals surface area contributed by atoms with Gasteiger partial charge in [-0.1, -0.05) is 36.4 Å². The van der Waals surface area contributed by atoms with E-state index in [4.69, 9.17) is 4.74 Å². The molecule has 0 fully saturated rings. The third kappa shape index (κ3) is 3.81. The van der Waals surface area contributed by atoms with Crippen molar-refractivity contribution < 1.29 is 9.66 Å². The smallest absolute Gasteiger partial charge is 0.354 e. The zero-order valence-corrected chi connectivity index (χ0v) is 17.0. The summed E-state index contributed by atoms with van der Waals surface area (Å²) in [5.74, 6) is 1.81. The Morgan fingerprint density at radius 2 is 1.62 bits per heavy atom. The van der Waals surface area contributed by atoms with Crippen molar-refractivity contribution >= 4 is 28.7 Å². The Balaban J connectivity index is 1.42. The third-order valence-corrected chi connectivity index (χ3v) is 5.22. The summed E-state index contributed by atoms with van der Waals surface area (Å²) in [6, 6.07) is 24.5. The molecule has 5 rings (SSSR count). The highest BCUT2D eigenvalue weighted by atomic mass is 16.6. The number of ether oxygens (including phenoxy) is 1. The van der Waals surface area contributed by atoms with Crippen molar-refractivity contribution in [3.05, 3.63) is 101 Å². The second-order valence-corrected chi connectivity index (χ2v) is 7.25. The van der Waals surface area contributed by atoms with Crippen molar-refractivity contribution in [3.63, 3.8) is 0 Å². The van der Waals surface area contributed by atoms with Gasteiger partial charge in [0.2, 0.25) is 11.6 Å². The minimum absolute atomic E-state index is 0.140. The van der Waals surface area contributed by atoms with Gasteiger partial charge in [0, 0.05) is 17.9 Å². The van der Waals surface area contributed by atoms with Crippen LogP contribution in [0.3, 0.4) is 0 Å². The van der Waals surface area contributed by atoms with Gasteiger partial charge in [-0.3, -0.25) is 10.1 Å². The molecule has 0 amide bonds. The standard InChI is InChI=1S/C24H19N5O3/c30-29(31)22-23(25-16-26-24(22)28-15-14-17-6-4-5-9-21(17)28)27-18-10-12-20(13-11-18)32-19-7-2-1-3-8-19/h1-13,16H,14-15H2,(H,25,26,27). The summed E-state index contributed by atoms with van der Waals surface area (Å²) in [6.07, 6.45) is 2.15. The summed E-state index contributed by atoms with van der Waals surface area (Å²) in [4.78, 5) is 21.8. The molecule has 1 aliphatic heterocycles. The maximum Gasteiger partial charge on any atom is 0.354 e. The van der Waals surface area contributed by atoms with Gasteiger partial charge in [0.25, 0.3) is 0 Å². The lowest BCUT2D eigenvalue weighted by molar-refractivity contribution is -0.383. The molecule has 8 heteroatoms. The molecule has 1 aromatic heterocycles. The first kappa shape index (κ1) is 19.5. The van der Waals surface area contributed by atoms with E-state index in [0.717, 1.165) is 23.4 Å². The van der Waals surface area contributed by atoms with Gasteiger partial charge >= 0.3 is 5.69 Å². The molecule has 0 spiro atoms. The number of anilines is 4. The van der Waals surface area contributed by atoms with E-state index in [0.29, 0.717) is 18.0 Å². The number of benzene rings is 3. The highest BCUT2D eigenvalue weighted by Gasteiger charge is 2.31. The van der Waals surface area contributed by atoms with Crippen LogP contribution in [0.2, 0.25) is 0 Å². The van der Waals surface area contributed by atoms with Crippen LogP contribution in [0.15, 0.2) is 85.2 Å². The van der Waals surface area contributed by atoms with Gasteiger partial charge in [-0.05, 0) is 54.4 Å². The molecule has 0 atom stereocenters. The van der Waals surface area contributed by atoms with Crippen LogP contribution in [0.1, 0.15) is 5.56 Å². The molecule has 2 heterocycles. The second-order valence-electron chi connectivity index (χ2n) is 7.25. The van der Waals surface area contributed by atoms with Gasteiger partial charge in [-0.25, -0.2) is 9.97 Å². The zero-order valence-electron chi connectivity index (χ0n) is 17.0. The Labute approximate surface area is 184 Å². The highest BCUT2D eigenvalue weighted by molar-refractivity contribution is 5.80. The van der Waals surface area contributed by atoms with E-state index in [-0.39, 0.29) is 17.3 Å². The number of fused-ring (bicyclic) bond motifs is 1. The molecular weight excluding hydrogens is 406 g/mol. The lowest BCUT2D eigenvalue weighted by Gasteiger charge is -2.19. The molecule has 4 aromatic rings. The number of hydrogen-bond donors (Lipinski definition) is 1. The van der Waals surface area contributed by atoms with Crippen LogP contribution in [-0.2, 0) is 6.42 Å². The van der Waals surface area contributed by atoms with Crippen LogP contribution < -0.4 is 15.0 Å². The average molecular weight is 425 g/mol. The molecule has 1 aliphatic rings. The first-order valence-electron chi connectivity index (χ1n) is 10.1. The first-order valence-corrected chi connectivity index (χ1v) is 10.1. The molecule has 1 N–H and O–H groups in total. The van der Waals surface area contributed by atoms with Gasteiger partial charge < -0.3 is 15.0 Å². The Hall–Kier alpha value is -4.46. The number of nitrogens with one attached hydrogen (secondary N) is 1. The van der Waals surface area contributed by atoms with Crippen molar-refractivity contribution in [2.24, 2.45) is 0 Å². The molecule has 0 saturated heterocycles. The van der Waals surface area contributed by atoms with Gasteiger partial charge in [0.15, 0.2) is 0 Å². The first-order chi connectivity index (χ1) is 15.7. The molecular formula is C24H19N5O3. The minimum atomic E-state index is -0.439. The van der Waals surface area contributed by atoms with Crippen LogP contribution in [0.4, 0.5) is 28.7 Å². The van der Waals surface area contributed by atoms with Gasteiger partial charge in [-0.15, -0.1) is 0 Å². The molecule has 158 valence electrons. The van der Waals surface area contributed by atoms with Crippen LogP contribution in [0, 0.1) is 10.1 Å². The van der Waals surface area contributed by atoms with Gasteiger partial charge in [0.1, 0.15) is 17.8 Å². The maximum absolute atomic E-state index is 12.0. The van der Waals surface area contributed by atoms with Crippen molar-refractivity contribution in [1.29, 1.82) is 0 Å². The fraction of sp³-hybridized carbons (Fsp3) is 0.0833. The molecule has 0 unspecified atom stereocenters. The second kappa shape index (κ2) is 8.35. The van der Waals surface area contributed by atoms with Crippen LogP contribution in [0.5, 0.6) is 11.5 Å². The van der Waals surface area contributed by atoms with E-state index in [1.165, 1.54) is 6.33 Å². The number of rotatable bonds is 6. The third-order valence-electron chi connectivity index (χ3n) is 5.22. The van der Waals surface area contributed by atoms with E-state index in [9.17, 15) is 10.1 Å². The van der Waals surface area contributed by atoms with E-state index >= 15 is 0 Å². The Morgan fingerprint density at radius 3 is 2.41 bits per heavy atom. The fourth-order valence-corrected chi connectivity index (χ4v) is 3.75. The van der Waals surface area contributed by atoms with Crippen molar-refractivity contribution in [2.45, 2.75) is 6.42 Å². The molecule has 3 aromatic carbocycles. The molecule has 0 radical (unpaired) electrons. The predicted molar refractivity (Wildman–Crippen MR) is 122 cm³/mol. The molecule has 0 saturated carbocycles. The lowest BCUT2D eigenvalue weighted by atomic mass is 10.2. The average Bonchev–Trinajstić information content (AvgIpc) is 3.25. The monoisotopic (exact) mass is 425 g/mol. The van der Waals surface area contributed by atoms with Crippen molar-refractivity contribution in [1.82, 2.24) is 9.97 Å². The van der Waals surface area contributed by atoms with E-state index < -0.39 is 4.92 Å². The number of nitrogens with zero attached hydrogens (tertiary/aromatic N) is 4. The molecule has 32 heavy (non-hydrogen) atoms. The number of hydrogen-bond acceptors (Lipinski definition) is 7. The van der Waals surface area contributed by atoms with Gasteiger partial charge in [-0.2, -0.15) is 0 Å². The van der Waals surface area contributed by atoms with Crippen molar-refractivity contribution in [3.8, 4) is 11.5 Å². The van der Waals surface area contributed by atoms with Crippen LogP contribution >= 0.6 is 0 Å². The Kier molecular flexibility index (Phi) is 5.09. The topological polar surface area (TPSA) is 93.4 Å². The summed E-state index contributed by atoms with van der Waals surface area (Å²) in [7, 11) is 0. The fourth-order valence-electron chi connectivity index (χ4n) is 3.75. The zero-order chi connectivity index (χ0) is 21.9.